The van der Waals surface area contributed by atoms with Crippen LogP contribution in [0.3, 0.4) is 0 Å². The number of amides is 1. The van der Waals surface area contributed by atoms with E-state index in [2.05, 4.69) is 4.98 Å². The molecule has 9 heteroatoms. The van der Waals surface area contributed by atoms with Gasteiger partial charge in [0.15, 0.2) is 0 Å². The van der Waals surface area contributed by atoms with Gasteiger partial charge in [0.25, 0.3) is 5.91 Å². The average molecular weight is 292 g/mol. The number of nitrogens with one attached hydrogen (secondary N) is 1. The standard InChI is InChI=1S/C11H11F3N2O4/c12-11(13,14)6-1-2-7(15-5-6)9(18)16-8(3-4-17)10(19)20/h1-2,5,8,17H,3-4H2,(H,16,18)(H,19,20). The van der Waals surface area contributed by atoms with Gasteiger partial charge in [0, 0.05) is 19.2 Å². The fourth-order valence-corrected chi connectivity index (χ4v) is 1.31. The summed E-state index contributed by atoms with van der Waals surface area (Å²) in [6.07, 6.45) is -4.30. The van der Waals surface area contributed by atoms with Gasteiger partial charge in [-0.1, -0.05) is 0 Å². The largest absolute Gasteiger partial charge is 0.480 e. The lowest BCUT2D eigenvalue weighted by Crippen LogP contribution is -2.41. The lowest BCUT2D eigenvalue weighted by molar-refractivity contribution is -0.139. The zero-order valence-electron chi connectivity index (χ0n) is 10.0. The summed E-state index contributed by atoms with van der Waals surface area (Å²) >= 11 is 0. The number of aliphatic hydroxyl groups is 1. The highest BCUT2D eigenvalue weighted by molar-refractivity contribution is 5.94. The number of rotatable bonds is 5. The van der Waals surface area contributed by atoms with Crippen molar-refractivity contribution in [3.05, 3.63) is 29.6 Å². The molecule has 0 radical (unpaired) electrons. The maximum Gasteiger partial charge on any atom is 0.417 e. The maximum atomic E-state index is 12.3. The number of carbonyl (C=O) groups excluding carboxylic acids is 1. The van der Waals surface area contributed by atoms with Crippen LogP contribution in [0.5, 0.6) is 0 Å². The number of carboxylic acids is 1. The van der Waals surface area contributed by atoms with Crippen LogP contribution in [0.25, 0.3) is 0 Å². The molecule has 1 rings (SSSR count). The smallest absolute Gasteiger partial charge is 0.417 e. The fraction of sp³-hybridized carbons (Fsp3) is 0.364. The Hall–Kier alpha value is -2.16. The second-order valence-corrected chi connectivity index (χ2v) is 3.81. The highest BCUT2D eigenvalue weighted by atomic mass is 19.4. The molecular weight excluding hydrogens is 281 g/mol. The maximum absolute atomic E-state index is 12.3. The second kappa shape index (κ2) is 6.33. The number of hydrogen-bond donors (Lipinski definition) is 3. The first kappa shape index (κ1) is 15.9. The van der Waals surface area contributed by atoms with E-state index < -0.39 is 36.3 Å². The minimum Gasteiger partial charge on any atom is -0.480 e. The van der Waals surface area contributed by atoms with E-state index in [0.717, 1.165) is 6.07 Å². The molecule has 0 aromatic carbocycles. The van der Waals surface area contributed by atoms with Crippen molar-refractivity contribution < 1.29 is 33.0 Å². The van der Waals surface area contributed by atoms with Crippen molar-refractivity contribution in [3.63, 3.8) is 0 Å². The minimum absolute atomic E-state index is 0.221. The number of halogens is 3. The molecule has 20 heavy (non-hydrogen) atoms. The molecule has 0 saturated carbocycles. The normalized spacial score (nSPS) is 12.8. The molecule has 0 bridgehead atoms. The Bertz CT molecular complexity index is 487. The average Bonchev–Trinajstić information content (AvgIpc) is 2.37. The Morgan fingerprint density at radius 1 is 1.35 bits per heavy atom. The fourth-order valence-electron chi connectivity index (χ4n) is 1.31. The van der Waals surface area contributed by atoms with Gasteiger partial charge in [0.2, 0.25) is 0 Å². The molecule has 0 fully saturated rings. The second-order valence-electron chi connectivity index (χ2n) is 3.81. The molecule has 0 saturated heterocycles. The van der Waals surface area contributed by atoms with Crippen molar-refractivity contribution in [2.24, 2.45) is 0 Å². The molecule has 0 aliphatic carbocycles. The Morgan fingerprint density at radius 3 is 2.40 bits per heavy atom. The first-order valence-electron chi connectivity index (χ1n) is 5.43. The quantitative estimate of drug-likeness (QED) is 0.740. The van der Waals surface area contributed by atoms with Gasteiger partial charge in [-0.3, -0.25) is 9.78 Å². The van der Waals surface area contributed by atoms with E-state index in [0.29, 0.717) is 12.3 Å². The van der Waals surface area contributed by atoms with E-state index in [9.17, 15) is 22.8 Å². The summed E-state index contributed by atoms with van der Waals surface area (Å²) in [6, 6.07) is 0.177. The Kier molecular flexibility index (Phi) is 5.03. The van der Waals surface area contributed by atoms with Gasteiger partial charge in [-0.05, 0) is 12.1 Å². The van der Waals surface area contributed by atoms with E-state index in [1.165, 1.54) is 0 Å². The van der Waals surface area contributed by atoms with Crippen LogP contribution in [0.4, 0.5) is 13.2 Å². The number of pyridine rings is 1. The Balaban J connectivity index is 2.80. The summed E-state index contributed by atoms with van der Waals surface area (Å²) in [5, 5.41) is 19.4. The lowest BCUT2D eigenvalue weighted by Gasteiger charge is -2.13. The molecule has 0 aliphatic rings. The monoisotopic (exact) mass is 292 g/mol. The number of aromatic nitrogens is 1. The van der Waals surface area contributed by atoms with Gasteiger partial charge in [-0.15, -0.1) is 0 Å². The molecule has 1 aromatic heterocycles. The summed E-state index contributed by atoms with van der Waals surface area (Å²) in [5.74, 6) is -2.29. The van der Waals surface area contributed by atoms with Crippen molar-refractivity contribution in [1.29, 1.82) is 0 Å². The van der Waals surface area contributed by atoms with Crippen molar-refractivity contribution in [2.45, 2.75) is 18.6 Å². The van der Waals surface area contributed by atoms with E-state index in [1.54, 1.807) is 0 Å². The molecular formula is C11H11F3N2O4. The zero-order chi connectivity index (χ0) is 15.3. The number of aliphatic carboxylic acids is 1. The SMILES string of the molecule is O=C(NC(CCO)C(=O)O)c1ccc(C(F)(F)F)cn1. The highest BCUT2D eigenvalue weighted by Gasteiger charge is 2.31. The number of nitrogens with zero attached hydrogens (tertiary/aromatic N) is 1. The predicted octanol–water partition coefficient (Wildman–Crippen LogP) is 0.666. The summed E-state index contributed by atoms with van der Waals surface area (Å²) in [7, 11) is 0. The molecule has 1 atom stereocenters. The molecule has 3 N–H and O–H groups in total. The van der Waals surface area contributed by atoms with Gasteiger partial charge in [-0.25, -0.2) is 4.79 Å². The molecule has 1 heterocycles. The van der Waals surface area contributed by atoms with Gasteiger partial charge in [0.1, 0.15) is 11.7 Å². The van der Waals surface area contributed by atoms with Crippen LogP contribution in [0, 0.1) is 0 Å². The number of carbonyl (C=O) groups is 2. The number of alkyl halides is 3. The van der Waals surface area contributed by atoms with Crippen molar-refractivity contribution in [2.75, 3.05) is 6.61 Å². The summed E-state index contributed by atoms with van der Waals surface area (Å²) in [6.45, 7) is -0.461. The molecule has 1 amide bonds. The lowest BCUT2D eigenvalue weighted by atomic mass is 10.2. The predicted molar refractivity (Wildman–Crippen MR) is 59.8 cm³/mol. The van der Waals surface area contributed by atoms with Crippen LogP contribution >= 0.6 is 0 Å². The molecule has 0 aliphatic heterocycles. The van der Waals surface area contributed by atoms with Crippen LogP contribution in [0.15, 0.2) is 18.3 Å². The van der Waals surface area contributed by atoms with E-state index in [-0.39, 0.29) is 12.1 Å². The zero-order valence-corrected chi connectivity index (χ0v) is 10.0. The van der Waals surface area contributed by atoms with Crippen molar-refractivity contribution >= 4 is 11.9 Å². The molecule has 6 nitrogen and oxygen atoms in total. The molecule has 0 spiro atoms. The van der Waals surface area contributed by atoms with Gasteiger partial charge in [-0.2, -0.15) is 13.2 Å². The topological polar surface area (TPSA) is 99.5 Å². The highest BCUT2D eigenvalue weighted by Crippen LogP contribution is 2.28. The van der Waals surface area contributed by atoms with Crippen molar-refractivity contribution in [1.82, 2.24) is 10.3 Å². The first-order valence-corrected chi connectivity index (χ1v) is 5.43. The number of aliphatic hydroxyl groups excluding tert-OH is 1. The van der Waals surface area contributed by atoms with E-state index >= 15 is 0 Å². The number of hydrogen-bond acceptors (Lipinski definition) is 4. The van der Waals surface area contributed by atoms with Gasteiger partial charge < -0.3 is 15.5 Å². The van der Waals surface area contributed by atoms with Gasteiger partial charge in [0.05, 0.1) is 5.56 Å². The molecule has 110 valence electrons. The van der Waals surface area contributed by atoms with E-state index in [1.807, 2.05) is 5.32 Å². The van der Waals surface area contributed by atoms with Crippen LogP contribution in [0.1, 0.15) is 22.5 Å². The van der Waals surface area contributed by atoms with Crippen LogP contribution < -0.4 is 5.32 Å². The Labute approximate surface area is 111 Å². The summed E-state index contributed by atoms with van der Waals surface area (Å²) in [5.41, 5.74) is -1.36. The van der Waals surface area contributed by atoms with Crippen LogP contribution in [-0.2, 0) is 11.0 Å². The third-order valence-electron chi connectivity index (χ3n) is 2.34. The van der Waals surface area contributed by atoms with Gasteiger partial charge >= 0.3 is 12.1 Å². The summed E-state index contributed by atoms with van der Waals surface area (Å²) in [4.78, 5) is 25.7. The third kappa shape index (κ3) is 4.19. The number of carboxylic acid groups (broad SMARTS) is 1. The summed E-state index contributed by atoms with van der Waals surface area (Å²) < 4.78 is 36.9. The minimum atomic E-state index is -4.57. The molecule has 1 unspecified atom stereocenters. The van der Waals surface area contributed by atoms with Crippen LogP contribution in [0.2, 0.25) is 0 Å². The third-order valence-corrected chi connectivity index (χ3v) is 2.34. The first-order chi connectivity index (χ1) is 9.25. The molecule has 1 aromatic rings. The van der Waals surface area contributed by atoms with Crippen molar-refractivity contribution in [3.8, 4) is 0 Å². The Morgan fingerprint density at radius 2 is 2.00 bits per heavy atom. The van der Waals surface area contributed by atoms with E-state index in [4.69, 9.17) is 10.2 Å². The van der Waals surface area contributed by atoms with Crippen LogP contribution in [-0.4, -0.2) is 39.7 Å².